The number of aliphatic hydroxyl groups is 20. The summed E-state index contributed by atoms with van der Waals surface area (Å²) in [7, 11) is 0. The number of ether oxygens (including phenoxy) is 15. The van der Waals surface area contributed by atoms with Crippen molar-refractivity contribution in [1.29, 1.82) is 0 Å². The summed E-state index contributed by atoms with van der Waals surface area (Å²) in [6.07, 6.45) is -69.2. The normalized spacial score (nSPS) is 50.3. The molecule has 1 aromatic rings. The van der Waals surface area contributed by atoms with Crippen LogP contribution in [0.25, 0.3) is 6.08 Å². The number of esters is 1. The molecule has 0 radical (unpaired) electrons. The van der Waals surface area contributed by atoms with Crippen molar-refractivity contribution in [2.24, 2.45) is 0 Å². The van der Waals surface area contributed by atoms with Gasteiger partial charge in [-0.15, -0.1) is 0 Å². The van der Waals surface area contributed by atoms with Crippen LogP contribution in [0.15, 0.2) is 36.4 Å². The van der Waals surface area contributed by atoms with Gasteiger partial charge in [-0.1, -0.05) is 30.3 Å². The molecule has 22 rings (SSSR count). The van der Waals surface area contributed by atoms with E-state index in [2.05, 4.69) is 0 Å². The van der Waals surface area contributed by atoms with Gasteiger partial charge in [-0.3, -0.25) is 0 Å². The molecule has 21 heterocycles. The Hall–Kier alpha value is -2.93. The summed E-state index contributed by atoms with van der Waals surface area (Å²) < 4.78 is 86.2. The fourth-order valence-electron chi connectivity index (χ4n) is 11.3. The van der Waals surface area contributed by atoms with Gasteiger partial charge < -0.3 is 173 Å². The van der Waals surface area contributed by atoms with E-state index < -0.39 is 267 Å². The topological polar surface area (TPSA) is 560 Å². The molecule has 21 saturated heterocycles. The Labute approximate surface area is 492 Å². The molecule has 1 aromatic carbocycles. The minimum absolute atomic E-state index is 0.573. The van der Waals surface area contributed by atoms with E-state index in [1.165, 1.54) is 6.08 Å². The molecule has 0 amide bonds. The minimum atomic E-state index is -2.28. The number of hydrogen-bond donors (Lipinski definition) is 20. The van der Waals surface area contributed by atoms with Crippen molar-refractivity contribution < 1.29 is 178 Å². The van der Waals surface area contributed by atoms with E-state index >= 15 is 0 Å². The van der Waals surface area contributed by atoms with Gasteiger partial charge in [-0.05, 0) is 11.6 Å². The van der Waals surface area contributed by atoms with E-state index in [1.54, 1.807) is 30.3 Å². The van der Waals surface area contributed by atoms with E-state index in [-0.39, 0.29) is 0 Å². The maximum atomic E-state index is 13.1. The molecule has 14 bridgehead atoms. The van der Waals surface area contributed by atoms with Crippen LogP contribution in [0, 0.1) is 0 Å². The first kappa shape index (κ1) is 68.4. The molecule has 35 atom stereocenters. The SMILES string of the molecule is O=C(/C=C/c1ccccc1)OC[C@H]1O[C@@H]2O[C@H]3[C@H](O)[C@@H](O)[C@@H](O[C@H]4[C@H](O)[C@@H](O)[C@@H](O[C@H]5[C@H](O)[C@@H](O)[C@@H](O[C@H]6[C@H](O)[C@@H](O)[C@@H](O[C@H]7[C@H](O)[C@@H](O)[C@@H](O[C@H]8[C@H](O)[C@@H](O)[C@@H](O[C@H]1[C@H](O)[C@H]2O)O[C@@H]8CO)O[C@@H]7CO)O[C@@H]6CO)O[C@@H]5CO)O[C@@H]4CO)O[C@@H]3CO. The molecule has 36 heteroatoms. The first-order valence-electron chi connectivity index (χ1n) is 27.8. The molecule has 0 saturated carbocycles. The lowest BCUT2D eigenvalue weighted by Gasteiger charge is -2.50. The summed E-state index contributed by atoms with van der Waals surface area (Å²) in [5, 5.41) is 223. The van der Waals surface area contributed by atoms with E-state index in [9.17, 15) is 107 Å². The highest BCUT2D eigenvalue weighted by atomic mass is 16.8. The number of benzene rings is 1. The van der Waals surface area contributed by atoms with E-state index in [4.69, 9.17) is 71.1 Å². The smallest absolute Gasteiger partial charge is 0.330 e. The van der Waals surface area contributed by atoms with Gasteiger partial charge >= 0.3 is 5.97 Å². The van der Waals surface area contributed by atoms with Crippen LogP contribution in [0.4, 0.5) is 0 Å². The van der Waals surface area contributed by atoms with Crippen LogP contribution in [-0.4, -0.2) is 369 Å². The number of hydrogen-bond acceptors (Lipinski definition) is 36. The maximum absolute atomic E-state index is 13.1. The van der Waals surface area contributed by atoms with Gasteiger partial charge in [-0.25, -0.2) is 4.79 Å². The molecule has 21 fully saturated rings. The Bertz CT molecular complexity index is 2320. The number of rotatable bonds is 10. The second kappa shape index (κ2) is 29.8. The number of carbonyl (C=O) groups is 1. The molecular formula is C51H76O36. The van der Waals surface area contributed by atoms with Crippen molar-refractivity contribution in [3.63, 3.8) is 0 Å². The highest BCUT2D eigenvalue weighted by molar-refractivity contribution is 5.87. The monoisotopic (exact) mass is 1260 g/mol. The molecule has 496 valence electrons. The lowest BCUT2D eigenvalue weighted by Crippen LogP contribution is -2.68. The van der Waals surface area contributed by atoms with Gasteiger partial charge in [0, 0.05) is 6.08 Å². The number of carbonyl (C=O) groups excluding carboxylic acids is 1. The fraction of sp³-hybridized carbons (Fsp3) is 0.824. The first-order chi connectivity index (χ1) is 41.6. The Morgan fingerprint density at radius 1 is 0.310 bits per heavy atom. The summed E-state index contributed by atoms with van der Waals surface area (Å²) in [6, 6.07) is 8.43. The van der Waals surface area contributed by atoms with Crippen molar-refractivity contribution in [2.45, 2.75) is 215 Å². The molecule has 36 nitrogen and oxygen atoms in total. The van der Waals surface area contributed by atoms with E-state index in [0.29, 0.717) is 5.56 Å². The van der Waals surface area contributed by atoms with Gasteiger partial charge in [0.15, 0.2) is 44.0 Å². The van der Waals surface area contributed by atoms with Crippen molar-refractivity contribution >= 4 is 12.0 Å². The van der Waals surface area contributed by atoms with Gasteiger partial charge in [0.2, 0.25) is 0 Å². The lowest BCUT2D eigenvalue weighted by atomic mass is 9.95. The second-order valence-corrected chi connectivity index (χ2v) is 21.8. The summed E-state index contributed by atoms with van der Waals surface area (Å²) in [6.45, 7) is -7.30. The molecule has 21 aliphatic rings. The van der Waals surface area contributed by atoms with Crippen LogP contribution >= 0.6 is 0 Å². The molecule has 87 heavy (non-hydrogen) atoms. The molecule has 21 aliphatic heterocycles. The molecule has 0 aliphatic carbocycles. The van der Waals surface area contributed by atoms with Gasteiger partial charge in [0.05, 0.1) is 39.6 Å². The summed E-state index contributed by atoms with van der Waals surface area (Å²) in [4.78, 5) is 13.1. The largest absolute Gasteiger partial charge is 0.460 e. The van der Waals surface area contributed by atoms with E-state index in [1.807, 2.05) is 0 Å². The quantitative estimate of drug-likeness (QED) is 0.0764. The Morgan fingerprint density at radius 3 is 0.736 bits per heavy atom. The highest BCUT2D eigenvalue weighted by Gasteiger charge is 2.59. The van der Waals surface area contributed by atoms with Crippen LogP contribution in [0.1, 0.15) is 5.56 Å². The predicted octanol–water partition coefficient (Wildman–Crippen LogP) is -13.0. The summed E-state index contributed by atoms with van der Waals surface area (Å²) in [5.41, 5.74) is 0.573. The maximum Gasteiger partial charge on any atom is 0.330 e. The highest BCUT2D eigenvalue weighted by Crippen LogP contribution is 2.39. The third-order valence-corrected chi connectivity index (χ3v) is 16.2. The standard InChI is InChI=1S/C51H76O36/c52-8-16-38-25(60)32(67)46(75-16)83-40-18(10-54)77-48(34(69)27(40)62)85-42-20(12-56)79-50(36(71)29(42)64)87-44-22(14-73-23(58)7-6-15-4-2-1-3-5-15)80-51(37(72)30(44)65)86-43-21(13-57)78-49(35(70)28(43)63)84-41-19(11-55)76-47(33(68)26(41)61)82-39-17(9-53)74-45(81-38)31(66)24(39)59/h1-7,16-22,24-57,59-72H,8-14H2/b7-6+/t16-,17-,18-,19-,20-,21-,22-,24-,25-,26-,27-,28-,29-,30-,31-,32-,33-,34-,35-,36-,37-,38-,39-,40-,41-,42-,43-,44-,45-,46-,47-,48-,49-,50-,51-/m1/s1. The Balaban J connectivity index is 1.01. The Kier molecular flexibility index (Phi) is 23.4. The van der Waals surface area contributed by atoms with Gasteiger partial charge in [0.1, 0.15) is 178 Å². The summed E-state index contributed by atoms with van der Waals surface area (Å²) in [5.74, 6) is -1.01. The minimum Gasteiger partial charge on any atom is -0.460 e. The van der Waals surface area contributed by atoms with Gasteiger partial charge in [-0.2, -0.15) is 0 Å². The molecule has 20 N–H and O–H groups in total. The molecule has 0 spiro atoms. The van der Waals surface area contributed by atoms with Crippen LogP contribution < -0.4 is 0 Å². The molecular weight excluding hydrogens is 1190 g/mol. The molecule has 0 aromatic heterocycles. The Morgan fingerprint density at radius 2 is 0.517 bits per heavy atom. The lowest BCUT2D eigenvalue weighted by molar-refractivity contribution is -0.396. The summed E-state index contributed by atoms with van der Waals surface area (Å²) >= 11 is 0. The van der Waals surface area contributed by atoms with Crippen molar-refractivity contribution in [1.82, 2.24) is 0 Å². The fourth-order valence-corrected chi connectivity index (χ4v) is 11.3. The average Bonchev–Trinajstić information content (AvgIpc) is 1.17. The average molecular weight is 1270 g/mol. The second-order valence-electron chi connectivity index (χ2n) is 21.8. The zero-order chi connectivity index (χ0) is 62.9. The zero-order valence-electron chi connectivity index (χ0n) is 45.7. The predicted molar refractivity (Wildman–Crippen MR) is 268 cm³/mol. The first-order valence-corrected chi connectivity index (χ1v) is 27.8. The van der Waals surface area contributed by atoms with Crippen LogP contribution in [0.2, 0.25) is 0 Å². The van der Waals surface area contributed by atoms with Crippen LogP contribution in [0.3, 0.4) is 0 Å². The molecule has 0 unspecified atom stereocenters. The zero-order valence-corrected chi connectivity index (χ0v) is 45.7. The van der Waals surface area contributed by atoms with Crippen LogP contribution in [-0.2, 0) is 75.8 Å². The van der Waals surface area contributed by atoms with Gasteiger partial charge in [0.25, 0.3) is 0 Å². The third kappa shape index (κ3) is 14.3. The third-order valence-electron chi connectivity index (χ3n) is 16.2. The van der Waals surface area contributed by atoms with Crippen LogP contribution in [0.5, 0.6) is 0 Å². The van der Waals surface area contributed by atoms with Crippen molar-refractivity contribution in [2.75, 3.05) is 46.2 Å². The number of aliphatic hydroxyl groups excluding tert-OH is 20. The van der Waals surface area contributed by atoms with E-state index in [0.717, 1.165) is 6.08 Å². The van der Waals surface area contributed by atoms with Crippen molar-refractivity contribution in [3.8, 4) is 0 Å². The van der Waals surface area contributed by atoms with Crippen molar-refractivity contribution in [3.05, 3.63) is 42.0 Å².